The molecule has 5 heteroatoms. The van der Waals surface area contributed by atoms with Gasteiger partial charge in [0.2, 0.25) is 0 Å². The van der Waals surface area contributed by atoms with Gasteiger partial charge in [-0.25, -0.2) is 0 Å². The largest absolute Gasteiger partial charge is 0.382 e. The molecule has 1 rings (SSSR count). The molecule has 108 valence electrons. The third-order valence-corrected chi connectivity index (χ3v) is 3.88. The van der Waals surface area contributed by atoms with Crippen molar-refractivity contribution in [2.75, 3.05) is 60.2 Å². The predicted octanol–water partition coefficient (Wildman–Crippen LogP) is 0.00270. The van der Waals surface area contributed by atoms with Gasteiger partial charge < -0.3 is 15.2 Å². The van der Waals surface area contributed by atoms with E-state index in [2.05, 4.69) is 30.7 Å². The van der Waals surface area contributed by atoms with Gasteiger partial charge in [-0.2, -0.15) is 0 Å². The molecule has 1 aliphatic heterocycles. The predicted molar refractivity (Wildman–Crippen MR) is 73.8 cm³/mol. The normalized spacial score (nSPS) is 23.2. The number of methoxy groups -OCH3 is 1. The van der Waals surface area contributed by atoms with Crippen LogP contribution in [0.3, 0.4) is 0 Å². The number of rotatable bonds is 7. The maximum atomic E-state index is 5.88. The maximum absolute atomic E-state index is 5.88. The molecule has 1 aliphatic rings. The number of nitrogens with zero attached hydrogens (tertiary/aromatic N) is 2. The van der Waals surface area contributed by atoms with Crippen molar-refractivity contribution in [2.45, 2.75) is 25.4 Å². The van der Waals surface area contributed by atoms with Crippen molar-refractivity contribution in [2.24, 2.45) is 5.73 Å². The topological polar surface area (TPSA) is 51.0 Å². The van der Waals surface area contributed by atoms with E-state index in [1.54, 1.807) is 7.11 Å². The Labute approximate surface area is 111 Å². The van der Waals surface area contributed by atoms with Crippen LogP contribution in [0.15, 0.2) is 0 Å². The van der Waals surface area contributed by atoms with Crippen LogP contribution in [-0.4, -0.2) is 81.5 Å². The first-order valence-electron chi connectivity index (χ1n) is 6.73. The fourth-order valence-electron chi connectivity index (χ4n) is 2.27. The van der Waals surface area contributed by atoms with E-state index < -0.39 is 0 Å². The first-order chi connectivity index (χ1) is 8.51. The smallest absolute Gasteiger partial charge is 0.0701 e. The molecule has 0 aliphatic carbocycles. The van der Waals surface area contributed by atoms with Gasteiger partial charge in [-0.3, -0.25) is 9.80 Å². The van der Waals surface area contributed by atoms with Crippen LogP contribution in [0.4, 0.5) is 0 Å². The summed E-state index contributed by atoms with van der Waals surface area (Å²) in [6.07, 6.45) is 0. The molecule has 1 unspecified atom stereocenters. The SMILES string of the molecule is COCCOCC(CN)N1CCN(C)C(C)(C)C1. The van der Waals surface area contributed by atoms with Gasteiger partial charge in [0.05, 0.1) is 19.8 Å². The molecule has 1 fully saturated rings. The summed E-state index contributed by atoms with van der Waals surface area (Å²) in [7, 11) is 3.87. The molecule has 0 amide bonds. The quantitative estimate of drug-likeness (QED) is 0.652. The Bertz CT molecular complexity index is 236. The van der Waals surface area contributed by atoms with E-state index in [0.717, 1.165) is 19.6 Å². The highest BCUT2D eigenvalue weighted by atomic mass is 16.5. The number of nitrogens with two attached hydrogens (primary N) is 1. The number of likely N-dealkylation sites (N-methyl/N-ethyl adjacent to an activating group) is 1. The summed E-state index contributed by atoms with van der Waals surface area (Å²) >= 11 is 0. The van der Waals surface area contributed by atoms with Gasteiger partial charge in [-0.1, -0.05) is 0 Å². The lowest BCUT2D eigenvalue weighted by molar-refractivity contribution is -0.0165. The molecular formula is C13H29N3O2. The second kappa shape index (κ2) is 7.40. The second-order valence-electron chi connectivity index (χ2n) is 5.66. The molecule has 1 atom stereocenters. The van der Waals surface area contributed by atoms with Gasteiger partial charge in [-0.15, -0.1) is 0 Å². The van der Waals surface area contributed by atoms with Crippen molar-refractivity contribution >= 4 is 0 Å². The second-order valence-corrected chi connectivity index (χ2v) is 5.66. The molecule has 1 heterocycles. The van der Waals surface area contributed by atoms with Crippen LogP contribution >= 0.6 is 0 Å². The zero-order chi connectivity index (χ0) is 13.6. The van der Waals surface area contributed by atoms with E-state index in [0.29, 0.717) is 32.4 Å². The Morgan fingerprint density at radius 1 is 1.28 bits per heavy atom. The molecule has 0 bridgehead atoms. The lowest BCUT2D eigenvalue weighted by atomic mass is 9.98. The van der Waals surface area contributed by atoms with E-state index in [-0.39, 0.29) is 5.54 Å². The van der Waals surface area contributed by atoms with E-state index in [4.69, 9.17) is 15.2 Å². The van der Waals surface area contributed by atoms with Crippen molar-refractivity contribution in [3.05, 3.63) is 0 Å². The van der Waals surface area contributed by atoms with E-state index in [1.165, 1.54) is 0 Å². The van der Waals surface area contributed by atoms with Crippen molar-refractivity contribution in [3.8, 4) is 0 Å². The fourth-order valence-corrected chi connectivity index (χ4v) is 2.27. The minimum Gasteiger partial charge on any atom is -0.382 e. The summed E-state index contributed by atoms with van der Waals surface area (Å²) in [4.78, 5) is 4.86. The zero-order valence-electron chi connectivity index (χ0n) is 12.3. The van der Waals surface area contributed by atoms with Gasteiger partial charge in [0.1, 0.15) is 0 Å². The van der Waals surface area contributed by atoms with Crippen LogP contribution < -0.4 is 5.73 Å². The maximum Gasteiger partial charge on any atom is 0.0701 e. The Kier molecular flexibility index (Phi) is 6.52. The first kappa shape index (κ1) is 15.9. The molecule has 0 aromatic heterocycles. The lowest BCUT2D eigenvalue weighted by Gasteiger charge is -2.47. The Balaban J connectivity index is 2.40. The van der Waals surface area contributed by atoms with E-state index >= 15 is 0 Å². The average Bonchev–Trinajstić information content (AvgIpc) is 2.33. The summed E-state index contributed by atoms with van der Waals surface area (Å²) in [5, 5.41) is 0. The van der Waals surface area contributed by atoms with Gasteiger partial charge in [-0.05, 0) is 20.9 Å². The number of hydrogen-bond acceptors (Lipinski definition) is 5. The molecular weight excluding hydrogens is 230 g/mol. The third kappa shape index (κ3) is 4.48. The van der Waals surface area contributed by atoms with Crippen LogP contribution in [0.1, 0.15) is 13.8 Å². The van der Waals surface area contributed by atoms with Crippen molar-refractivity contribution in [1.29, 1.82) is 0 Å². The summed E-state index contributed by atoms with van der Waals surface area (Å²) in [6, 6.07) is 0.315. The molecule has 0 spiro atoms. The number of piperazine rings is 1. The Hall–Kier alpha value is -0.200. The molecule has 5 nitrogen and oxygen atoms in total. The number of ether oxygens (including phenoxy) is 2. The van der Waals surface area contributed by atoms with Crippen LogP contribution in [0.2, 0.25) is 0 Å². The summed E-state index contributed by atoms with van der Waals surface area (Å²) in [5.41, 5.74) is 6.08. The number of hydrogen-bond donors (Lipinski definition) is 1. The Morgan fingerprint density at radius 2 is 2.00 bits per heavy atom. The average molecular weight is 259 g/mol. The van der Waals surface area contributed by atoms with Crippen LogP contribution in [0.5, 0.6) is 0 Å². The molecule has 0 aromatic carbocycles. The van der Waals surface area contributed by atoms with Crippen LogP contribution in [0, 0.1) is 0 Å². The van der Waals surface area contributed by atoms with Gasteiger partial charge in [0.25, 0.3) is 0 Å². The standard InChI is InChI=1S/C13H29N3O2/c1-13(2)11-16(6-5-15(13)3)12(9-14)10-18-8-7-17-4/h12H,5-11,14H2,1-4H3. The third-order valence-electron chi connectivity index (χ3n) is 3.88. The minimum atomic E-state index is 0.207. The highest BCUT2D eigenvalue weighted by Gasteiger charge is 2.33. The molecule has 18 heavy (non-hydrogen) atoms. The molecule has 0 saturated carbocycles. The van der Waals surface area contributed by atoms with Gasteiger partial charge >= 0.3 is 0 Å². The summed E-state index contributed by atoms with van der Waals surface area (Å²) in [6.45, 7) is 10.4. The van der Waals surface area contributed by atoms with E-state index in [1.807, 2.05) is 0 Å². The summed E-state index contributed by atoms with van der Waals surface area (Å²) < 4.78 is 10.6. The molecule has 2 N–H and O–H groups in total. The van der Waals surface area contributed by atoms with Crippen molar-refractivity contribution in [1.82, 2.24) is 9.80 Å². The minimum absolute atomic E-state index is 0.207. The first-order valence-corrected chi connectivity index (χ1v) is 6.73. The van der Waals surface area contributed by atoms with Crippen molar-refractivity contribution in [3.63, 3.8) is 0 Å². The molecule has 0 radical (unpaired) electrons. The van der Waals surface area contributed by atoms with Gasteiger partial charge in [0.15, 0.2) is 0 Å². The fraction of sp³-hybridized carbons (Fsp3) is 1.00. The monoisotopic (exact) mass is 259 g/mol. The Morgan fingerprint density at radius 3 is 2.56 bits per heavy atom. The van der Waals surface area contributed by atoms with Crippen LogP contribution in [-0.2, 0) is 9.47 Å². The zero-order valence-corrected chi connectivity index (χ0v) is 12.3. The highest BCUT2D eigenvalue weighted by Crippen LogP contribution is 2.20. The lowest BCUT2D eigenvalue weighted by Crippen LogP contribution is -2.61. The molecule has 0 aromatic rings. The van der Waals surface area contributed by atoms with Crippen LogP contribution in [0.25, 0.3) is 0 Å². The molecule has 1 saturated heterocycles. The van der Waals surface area contributed by atoms with Crippen molar-refractivity contribution < 1.29 is 9.47 Å². The highest BCUT2D eigenvalue weighted by molar-refractivity contribution is 4.91. The van der Waals surface area contributed by atoms with Gasteiger partial charge in [0, 0.05) is 44.9 Å². The summed E-state index contributed by atoms with van der Waals surface area (Å²) in [5.74, 6) is 0. The van der Waals surface area contributed by atoms with E-state index in [9.17, 15) is 0 Å².